The minimum Gasteiger partial charge on any atom is -0.423 e. The Bertz CT molecular complexity index is 726. The van der Waals surface area contributed by atoms with Gasteiger partial charge in [-0.1, -0.05) is 29.8 Å². The topological polar surface area (TPSA) is 64.9 Å². The van der Waals surface area contributed by atoms with Gasteiger partial charge in [0.15, 0.2) is 0 Å². The van der Waals surface area contributed by atoms with E-state index >= 15 is 0 Å². The van der Waals surface area contributed by atoms with Crippen molar-refractivity contribution in [3.05, 3.63) is 59.4 Å². The average Bonchev–Trinajstić information content (AvgIpc) is 3.02. The Morgan fingerprint density at radius 3 is 2.75 bits per heavy atom. The Morgan fingerprint density at radius 1 is 1.10 bits per heavy atom. The number of hydrogen-bond acceptors (Lipinski definition) is 4. The molecule has 20 heavy (non-hydrogen) atoms. The molecule has 1 heterocycles. The van der Waals surface area contributed by atoms with Gasteiger partial charge in [0.05, 0.1) is 0 Å². The van der Waals surface area contributed by atoms with Crippen molar-refractivity contribution in [2.75, 3.05) is 0 Å². The average molecular weight is 286 g/mol. The smallest absolute Gasteiger partial charge is 0.247 e. The predicted molar refractivity (Wildman–Crippen MR) is 78.1 cm³/mol. The molecule has 100 valence electrons. The number of rotatable bonds is 3. The molecule has 4 nitrogen and oxygen atoms in total. The van der Waals surface area contributed by atoms with E-state index in [-0.39, 0.29) is 0 Å². The molecule has 0 saturated heterocycles. The molecular weight excluding hydrogens is 274 g/mol. The van der Waals surface area contributed by atoms with Crippen LogP contribution < -0.4 is 5.73 Å². The summed E-state index contributed by atoms with van der Waals surface area (Å²) in [4.78, 5) is 0. The largest absolute Gasteiger partial charge is 0.423 e. The van der Waals surface area contributed by atoms with Crippen molar-refractivity contribution < 1.29 is 4.42 Å². The summed E-state index contributed by atoms with van der Waals surface area (Å²) in [6.45, 7) is 0.495. The van der Waals surface area contributed by atoms with Crippen LogP contribution in [0, 0.1) is 0 Å². The number of hydrogen-bond donors (Lipinski definition) is 1. The van der Waals surface area contributed by atoms with E-state index in [1.807, 2.05) is 42.5 Å². The van der Waals surface area contributed by atoms with E-state index in [4.69, 9.17) is 21.8 Å². The van der Waals surface area contributed by atoms with Crippen molar-refractivity contribution in [2.24, 2.45) is 5.73 Å². The molecule has 0 aliphatic rings. The molecule has 3 aromatic rings. The van der Waals surface area contributed by atoms with Gasteiger partial charge in [-0.2, -0.15) is 0 Å². The summed E-state index contributed by atoms with van der Waals surface area (Å²) >= 11 is 6.29. The van der Waals surface area contributed by atoms with Crippen molar-refractivity contribution in [1.29, 1.82) is 0 Å². The zero-order valence-corrected chi connectivity index (χ0v) is 11.3. The lowest BCUT2D eigenvalue weighted by molar-refractivity contribution is 0.568. The van der Waals surface area contributed by atoms with E-state index in [0.717, 1.165) is 22.3 Å². The maximum Gasteiger partial charge on any atom is 0.247 e. The minimum absolute atomic E-state index is 0.470. The summed E-state index contributed by atoms with van der Waals surface area (Å²) in [5, 5.41) is 8.26. The molecule has 0 unspecified atom stereocenters. The first kappa shape index (κ1) is 12.8. The summed E-state index contributed by atoms with van der Waals surface area (Å²) in [5.41, 5.74) is 9.49. The van der Waals surface area contributed by atoms with Crippen LogP contribution in [0.1, 0.15) is 5.56 Å². The van der Waals surface area contributed by atoms with Gasteiger partial charge in [0.1, 0.15) is 0 Å². The highest BCUT2D eigenvalue weighted by Crippen LogP contribution is 2.32. The Hall–Kier alpha value is -2.17. The summed E-state index contributed by atoms with van der Waals surface area (Å²) in [6, 6.07) is 13.6. The molecule has 0 spiro atoms. The fourth-order valence-electron chi connectivity index (χ4n) is 2.04. The van der Waals surface area contributed by atoms with Crippen LogP contribution in [0.25, 0.3) is 22.6 Å². The second-order valence-corrected chi connectivity index (χ2v) is 4.75. The number of nitrogens with zero attached hydrogens (tertiary/aromatic N) is 2. The lowest BCUT2D eigenvalue weighted by atomic mass is 10.0. The van der Waals surface area contributed by atoms with Gasteiger partial charge in [-0.3, -0.25) is 0 Å². The summed E-state index contributed by atoms with van der Waals surface area (Å²) < 4.78 is 5.21. The normalized spacial score (nSPS) is 10.7. The van der Waals surface area contributed by atoms with Crippen LogP contribution in [0.2, 0.25) is 5.02 Å². The molecular formula is C15H12ClN3O. The first-order valence-corrected chi connectivity index (χ1v) is 6.51. The number of nitrogens with two attached hydrogens (primary N) is 1. The first-order valence-electron chi connectivity index (χ1n) is 6.13. The first-order chi connectivity index (χ1) is 9.78. The number of halogens is 1. The van der Waals surface area contributed by atoms with Crippen LogP contribution in [-0.4, -0.2) is 10.2 Å². The van der Waals surface area contributed by atoms with Crippen molar-refractivity contribution in [3.63, 3.8) is 0 Å². The summed E-state index contributed by atoms with van der Waals surface area (Å²) in [7, 11) is 0. The lowest BCUT2D eigenvalue weighted by Gasteiger charge is -2.07. The molecule has 5 heteroatoms. The number of benzene rings is 2. The highest BCUT2D eigenvalue weighted by Gasteiger charge is 2.09. The van der Waals surface area contributed by atoms with Gasteiger partial charge in [-0.05, 0) is 35.4 Å². The minimum atomic E-state index is 0.470. The number of aromatic nitrogens is 2. The van der Waals surface area contributed by atoms with E-state index < -0.39 is 0 Å². The maximum absolute atomic E-state index is 6.29. The summed E-state index contributed by atoms with van der Waals surface area (Å²) in [6.07, 6.45) is 1.30. The maximum atomic E-state index is 6.29. The van der Waals surface area contributed by atoms with Crippen LogP contribution in [-0.2, 0) is 6.54 Å². The van der Waals surface area contributed by atoms with Crippen LogP contribution in [0.5, 0.6) is 0 Å². The van der Waals surface area contributed by atoms with Gasteiger partial charge in [-0.25, -0.2) is 0 Å². The lowest BCUT2D eigenvalue weighted by Crippen LogP contribution is -1.96. The molecule has 2 aromatic carbocycles. The highest BCUT2D eigenvalue weighted by molar-refractivity contribution is 6.33. The van der Waals surface area contributed by atoms with Crippen LogP contribution in [0.15, 0.2) is 53.3 Å². The summed E-state index contributed by atoms with van der Waals surface area (Å²) in [5.74, 6) is 0.470. The second-order valence-electron chi connectivity index (χ2n) is 4.34. The Kier molecular flexibility index (Phi) is 3.50. The molecule has 0 aliphatic carbocycles. The molecule has 0 fully saturated rings. The zero-order chi connectivity index (χ0) is 13.9. The molecule has 0 amide bonds. The monoisotopic (exact) mass is 285 g/mol. The van der Waals surface area contributed by atoms with E-state index in [1.165, 1.54) is 6.39 Å². The predicted octanol–water partition coefficient (Wildman–Crippen LogP) is 3.52. The second kappa shape index (κ2) is 5.45. The third-order valence-corrected chi connectivity index (χ3v) is 3.38. The van der Waals surface area contributed by atoms with Crippen LogP contribution in [0.3, 0.4) is 0 Å². The molecule has 0 aliphatic heterocycles. The Labute approximate surface area is 121 Å². The molecule has 0 saturated carbocycles. The molecule has 2 N–H and O–H groups in total. The van der Waals surface area contributed by atoms with Gasteiger partial charge >= 0.3 is 0 Å². The van der Waals surface area contributed by atoms with E-state index in [1.54, 1.807) is 0 Å². The van der Waals surface area contributed by atoms with Gasteiger partial charge in [0.25, 0.3) is 0 Å². The van der Waals surface area contributed by atoms with Crippen LogP contribution in [0.4, 0.5) is 0 Å². The standard InChI is InChI=1S/C15H12ClN3O/c16-14-5-4-12(15-19-18-9-20-15)7-13(14)11-3-1-2-10(6-11)8-17/h1-7,9H,8,17H2. The fraction of sp³-hybridized carbons (Fsp3) is 0.0667. The van der Waals surface area contributed by atoms with Gasteiger partial charge in [0, 0.05) is 22.7 Å². The molecule has 1 aromatic heterocycles. The van der Waals surface area contributed by atoms with Crippen molar-refractivity contribution >= 4 is 11.6 Å². The molecule has 0 radical (unpaired) electrons. The van der Waals surface area contributed by atoms with Crippen molar-refractivity contribution in [2.45, 2.75) is 6.54 Å². The zero-order valence-electron chi connectivity index (χ0n) is 10.6. The molecule has 0 atom stereocenters. The van der Waals surface area contributed by atoms with Gasteiger partial charge in [-0.15, -0.1) is 10.2 Å². The van der Waals surface area contributed by atoms with Crippen LogP contribution >= 0.6 is 11.6 Å². The third-order valence-electron chi connectivity index (χ3n) is 3.05. The van der Waals surface area contributed by atoms with E-state index in [0.29, 0.717) is 17.5 Å². The Morgan fingerprint density at radius 2 is 2.00 bits per heavy atom. The van der Waals surface area contributed by atoms with Crippen molar-refractivity contribution in [1.82, 2.24) is 10.2 Å². The quantitative estimate of drug-likeness (QED) is 0.800. The molecule has 3 rings (SSSR count). The third kappa shape index (κ3) is 2.43. The Balaban J connectivity index is 2.10. The SMILES string of the molecule is NCc1cccc(-c2cc(-c3nnco3)ccc2Cl)c1. The van der Waals surface area contributed by atoms with Gasteiger partial charge in [0.2, 0.25) is 12.3 Å². The fourth-order valence-corrected chi connectivity index (χ4v) is 2.27. The van der Waals surface area contributed by atoms with E-state index in [9.17, 15) is 0 Å². The van der Waals surface area contributed by atoms with Crippen molar-refractivity contribution in [3.8, 4) is 22.6 Å². The molecule has 0 bridgehead atoms. The van der Waals surface area contributed by atoms with E-state index in [2.05, 4.69) is 10.2 Å². The van der Waals surface area contributed by atoms with Gasteiger partial charge < -0.3 is 10.2 Å². The highest BCUT2D eigenvalue weighted by atomic mass is 35.5.